The van der Waals surface area contributed by atoms with E-state index in [0.29, 0.717) is 28.6 Å². The maximum absolute atomic E-state index is 13.0. The lowest BCUT2D eigenvalue weighted by atomic mass is 9.70. The fourth-order valence-electron chi connectivity index (χ4n) is 5.60. The number of nitrogens with zero attached hydrogens (tertiary/aromatic N) is 3. The zero-order valence-corrected chi connectivity index (χ0v) is 22.5. The normalized spacial score (nSPS) is 19.9. The lowest BCUT2D eigenvalue weighted by Gasteiger charge is -2.40. The fraction of sp³-hybridized carbons (Fsp3) is 0.464. The predicted molar refractivity (Wildman–Crippen MR) is 141 cm³/mol. The highest BCUT2D eigenvalue weighted by Crippen LogP contribution is 2.46. The molecule has 3 aromatic rings. The first-order valence-corrected chi connectivity index (χ1v) is 12.8. The lowest BCUT2D eigenvalue weighted by Crippen LogP contribution is -2.40. The largest absolute Gasteiger partial charge is 0.573 e. The van der Waals surface area contributed by atoms with Crippen LogP contribution in [-0.4, -0.2) is 50.9 Å². The van der Waals surface area contributed by atoms with Gasteiger partial charge in [-0.25, -0.2) is 9.78 Å². The second kappa shape index (κ2) is 10.4. The van der Waals surface area contributed by atoms with Crippen LogP contribution in [0.4, 0.5) is 24.8 Å². The summed E-state index contributed by atoms with van der Waals surface area (Å²) >= 11 is 0. The summed E-state index contributed by atoms with van der Waals surface area (Å²) in [5.74, 6) is -0.907. The second-order valence-electron chi connectivity index (χ2n) is 11.2. The Labute approximate surface area is 224 Å². The Hall–Kier alpha value is -3.76. The molecular formula is C28H33F3N4O4. The quantitative estimate of drug-likeness (QED) is 0.346. The number of halogens is 3. The van der Waals surface area contributed by atoms with Crippen LogP contribution in [0.5, 0.6) is 5.75 Å². The molecule has 39 heavy (non-hydrogen) atoms. The monoisotopic (exact) mass is 546 g/mol. The van der Waals surface area contributed by atoms with Gasteiger partial charge in [-0.3, -0.25) is 4.79 Å². The molecule has 0 bridgehead atoms. The number of anilines is 2. The lowest BCUT2D eigenvalue weighted by molar-refractivity contribution is -0.274. The Morgan fingerprint density at radius 2 is 1.85 bits per heavy atom. The average molecular weight is 547 g/mol. The maximum atomic E-state index is 13.0. The number of hydrogen-bond donors (Lipinski definition) is 2. The van der Waals surface area contributed by atoms with Crippen molar-refractivity contribution in [1.82, 2.24) is 14.5 Å². The van der Waals surface area contributed by atoms with Gasteiger partial charge in [-0.05, 0) is 80.0 Å². The topological polar surface area (TPSA) is 96.7 Å². The first-order valence-electron chi connectivity index (χ1n) is 12.8. The molecule has 4 rings (SSSR count). The highest BCUT2D eigenvalue weighted by molar-refractivity contribution is 5.99. The van der Waals surface area contributed by atoms with Gasteiger partial charge < -0.3 is 24.6 Å². The number of carbonyl (C=O) groups is 2. The first kappa shape index (κ1) is 28.3. The summed E-state index contributed by atoms with van der Waals surface area (Å²) in [6.07, 6.45) is -1.87. The van der Waals surface area contributed by atoms with E-state index in [2.05, 4.69) is 35.4 Å². The highest BCUT2D eigenvalue weighted by atomic mass is 19.4. The Balaban J connectivity index is 1.73. The third kappa shape index (κ3) is 6.46. The number of aromatic nitrogens is 2. The van der Waals surface area contributed by atoms with Crippen molar-refractivity contribution in [3.8, 4) is 5.75 Å². The van der Waals surface area contributed by atoms with Gasteiger partial charge in [-0.1, -0.05) is 20.8 Å². The van der Waals surface area contributed by atoms with Crippen LogP contribution in [0.3, 0.4) is 0 Å². The van der Waals surface area contributed by atoms with Crippen LogP contribution in [0.1, 0.15) is 63.4 Å². The number of nitrogens with one attached hydrogen (secondary N) is 1. The third-order valence-corrected chi connectivity index (χ3v) is 7.27. The molecule has 3 atom stereocenters. The molecule has 8 nitrogen and oxygen atoms in total. The minimum Gasteiger partial charge on any atom is -0.480 e. The summed E-state index contributed by atoms with van der Waals surface area (Å²) in [7, 11) is 1.44. The molecule has 2 aromatic carbocycles. The number of carbonyl (C=O) groups excluding carboxylic acids is 1. The summed E-state index contributed by atoms with van der Waals surface area (Å²) in [6.45, 7) is 8.12. The van der Waals surface area contributed by atoms with Gasteiger partial charge >= 0.3 is 12.3 Å². The number of carboxylic acid groups (broad SMARTS) is 1. The van der Waals surface area contributed by atoms with E-state index in [1.165, 1.54) is 38.2 Å². The number of hydrogen-bond acceptors (Lipinski definition) is 5. The second-order valence-corrected chi connectivity index (χ2v) is 11.2. The molecule has 0 saturated heterocycles. The van der Waals surface area contributed by atoms with Crippen LogP contribution in [0, 0.1) is 11.3 Å². The Kier molecular flexibility index (Phi) is 7.55. The molecule has 1 aliphatic carbocycles. The van der Waals surface area contributed by atoms with Gasteiger partial charge in [0.2, 0.25) is 5.95 Å². The minimum atomic E-state index is -4.78. The number of benzene rings is 2. The first-order chi connectivity index (χ1) is 18.1. The highest BCUT2D eigenvalue weighted by Gasteiger charge is 2.35. The van der Waals surface area contributed by atoms with Gasteiger partial charge in [-0.2, -0.15) is 0 Å². The molecular weight excluding hydrogens is 513 g/mol. The molecule has 0 radical (unpaired) electrons. The van der Waals surface area contributed by atoms with Crippen molar-refractivity contribution in [1.29, 1.82) is 0 Å². The molecule has 1 saturated carbocycles. The third-order valence-electron chi connectivity index (χ3n) is 7.27. The number of alkyl halides is 3. The summed E-state index contributed by atoms with van der Waals surface area (Å²) in [5, 5.41) is 12.5. The number of imidazole rings is 1. The fourth-order valence-corrected chi connectivity index (χ4v) is 5.60. The minimum absolute atomic E-state index is 0.0956. The van der Waals surface area contributed by atoms with Crippen LogP contribution in [0.2, 0.25) is 0 Å². The van der Waals surface area contributed by atoms with Gasteiger partial charge in [0.1, 0.15) is 11.8 Å². The number of ether oxygens (including phenoxy) is 1. The van der Waals surface area contributed by atoms with Gasteiger partial charge in [0, 0.05) is 24.3 Å². The Morgan fingerprint density at radius 3 is 2.44 bits per heavy atom. The van der Waals surface area contributed by atoms with Crippen LogP contribution >= 0.6 is 0 Å². The van der Waals surface area contributed by atoms with Crippen LogP contribution in [-0.2, 0) is 4.79 Å². The maximum Gasteiger partial charge on any atom is 0.573 e. The molecule has 2 N–H and O–H groups in total. The molecule has 1 heterocycles. The Bertz CT molecular complexity index is 1370. The summed E-state index contributed by atoms with van der Waals surface area (Å²) < 4.78 is 43.8. The molecule has 1 unspecified atom stereocenters. The average Bonchev–Trinajstić information content (AvgIpc) is 3.18. The van der Waals surface area contributed by atoms with Crippen LogP contribution < -0.4 is 10.1 Å². The van der Waals surface area contributed by atoms with E-state index in [9.17, 15) is 27.9 Å². The SMILES string of the molecule is C[C@H]1CC(n2c(Nc3ccc(OC(F)(F)F)cc3)nc3cc(C(=O)N(C)[C@@H](C)C(=O)O)ccc32)CC(C)(C)C1. The summed E-state index contributed by atoms with van der Waals surface area (Å²) in [6, 6.07) is 9.63. The predicted octanol–water partition coefficient (Wildman–Crippen LogP) is 6.61. The van der Waals surface area contributed by atoms with Gasteiger partial charge in [0.25, 0.3) is 5.91 Å². The molecule has 1 aromatic heterocycles. The molecule has 11 heteroatoms. The zero-order chi connectivity index (χ0) is 28.7. The smallest absolute Gasteiger partial charge is 0.480 e. The number of aliphatic carboxylic acids is 1. The molecule has 1 aliphatic rings. The van der Waals surface area contributed by atoms with Crippen molar-refractivity contribution in [2.75, 3.05) is 12.4 Å². The van der Waals surface area contributed by atoms with Gasteiger partial charge in [0.15, 0.2) is 0 Å². The molecule has 0 aliphatic heterocycles. The van der Waals surface area contributed by atoms with Crippen LogP contribution in [0.25, 0.3) is 11.0 Å². The molecule has 210 valence electrons. The van der Waals surface area contributed by atoms with Crippen molar-refractivity contribution >= 4 is 34.5 Å². The van der Waals surface area contributed by atoms with Crippen molar-refractivity contribution < 1.29 is 32.6 Å². The van der Waals surface area contributed by atoms with E-state index in [-0.39, 0.29) is 17.2 Å². The number of rotatable bonds is 7. The van der Waals surface area contributed by atoms with E-state index in [0.717, 1.165) is 29.7 Å². The van der Waals surface area contributed by atoms with Crippen LogP contribution in [0.15, 0.2) is 42.5 Å². The number of fused-ring (bicyclic) bond motifs is 1. The number of carboxylic acids is 1. The van der Waals surface area contributed by atoms with Crippen molar-refractivity contribution in [3.63, 3.8) is 0 Å². The number of amides is 1. The van der Waals surface area contributed by atoms with Gasteiger partial charge in [0.05, 0.1) is 11.0 Å². The molecule has 0 spiro atoms. The van der Waals surface area contributed by atoms with Crippen molar-refractivity contribution in [2.24, 2.45) is 11.3 Å². The van der Waals surface area contributed by atoms with E-state index < -0.39 is 24.3 Å². The van der Waals surface area contributed by atoms with E-state index in [1.54, 1.807) is 12.1 Å². The summed E-state index contributed by atoms with van der Waals surface area (Å²) in [5.41, 5.74) is 2.27. The summed E-state index contributed by atoms with van der Waals surface area (Å²) in [4.78, 5) is 30.3. The van der Waals surface area contributed by atoms with E-state index in [1.807, 2.05) is 6.07 Å². The zero-order valence-electron chi connectivity index (χ0n) is 22.5. The standard InChI is InChI=1S/C28H33F3N4O4/c1-16-12-20(15-27(3,4)14-16)35-23-11-6-18(24(36)34(5)17(2)25(37)38)13-22(23)33-26(35)32-19-7-9-21(10-8-19)39-28(29,30)31/h6-11,13,16-17,20H,12,14-15H2,1-5H3,(H,32,33)(H,37,38)/t16-,17-,20?/m0/s1. The Morgan fingerprint density at radius 1 is 1.18 bits per heavy atom. The number of likely N-dealkylation sites (N-methyl/N-ethyl adjacent to an activating group) is 1. The van der Waals surface area contributed by atoms with Gasteiger partial charge in [-0.15, -0.1) is 13.2 Å². The van der Waals surface area contributed by atoms with E-state index >= 15 is 0 Å². The van der Waals surface area contributed by atoms with Crippen molar-refractivity contribution in [2.45, 2.75) is 65.4 Å². The van der Waals surface area contributed by atoms with Crippen molar-refractivity contribution in [3.05, 3.63) is 48.0 Å². The van der Waals surface area contributed by atoms with E-state index in [4.69, 9.17) is 4.98 Å². The molecule has 1 fully saturated rings. The molecule has 1 amide bonds.